The molecule has 0 aliphatic carbocycles. The van der Waals surface area contributed by atoms with Crippen LogP contribution in [0.1, 0.15) is 19.4 Å². The van der Waals surface area contributed by atoms with Crippen LogP contribution in [0.2, 0.25) is 0 Å². The maximum atomic E-state index is 12.8. The minimum atomic E-state index is -3.87. The van der Waals surface area contributed by atoms with Gasteiger partial charge in [-0.2, -0.15) is 4.31 Å². The molecule has 9 heteroatoms. The van der Waals surface area contributed by atoms with E-state index in [9.17, 15) is 13.2 Å². The third-order valence-corrected chi connectivity index (χ3v) is 6.01. The summed E-state index contributed by atoms with van der Waals surface area (Å²) in [6, 6.07) is 11.6. The number of benzene rings is 2. The zero-order valence-electron chi connectivity index (χ0n) is 17.8. The van der Waals surface area contributed by atoms with Gasteiger partial charge in [-0.05, 0) is 43.7 Å². The summed E-state index contributed by atoms with van der Waals surface area (Å²) in [6.07, 6.45) is 0.0821. The molecule has 2 rings (SSSR count). The second-order valence-corrected chi connectivity index (χ2v) is 8.91. The van der Waals surface area contributed by atoms with Crippen LogP contribution in [0.3, 0.4) is 0 Å². The minimum Gasteiger partial charge on any atom is -0.493 e. The van der Waals surface area contributed by atoms with Gasteiger partial charge in [-0.1, -0.05) is 12.1 Å². The second-order valence-electron chi connectivity index (χ2n) is 6.87. The van der Waals surface area contributed by atoms with E-state index >= 15 is 0 Å². The highest BCUT2D eigenvalue weighted by Crippen LogP contribution is 2.30. The van der Waals surface area contributed by atoms with E-state index in [2.05, 4.69) is 5.32 Å². The van der Waals surface area contributed by atoms with Gasteiger partial charge >= 0.3 is 0 Å². The van der Waals surface area contributed by atoms with Crippen LogP contribution in [0.4, 0.5) is 0 Å². The molecular formula is C21H28N2O6S. The van der Waals surface area contributed by atoms with Crippen LogP contribution in [0.5, 0.6) is 17.2 Å². The molecule has 30 heavy (non-hydrogen) atoms. The number of carbonyl (C=O) groups excluding carboxylic acids is 1. The summed E-state index contributed by atoms with van der Waals surface area (Å²) in [5.74, 6) is 1.05. The van der Waals surface area contributed by atoms with E-state index in [0.717, 1.165) is 15.6 Å². The van der Waals surface area contributed by atoms with Crippen molar-refractivity contribution in [2.24, 2.45) is 0 Å². The van der Waals surface area contributed by atoms with Crippen molar-refractivity contribution in [3.8, 4) is 17.2 Å². The van der Waals surface area contributed by atoms with Gasteiger partial charge in [0.15, 0.2) is 11.5 Å². The van der Waals surface area contributed by atoms with E-state index in [1.165, 1.54) is 39.5 Å². The molecule has 0 saturated heterocycles. The molecule has 0 aromatic heterocycles. The van der Waals surface area contributed by atoms with E-state index in [4.69, 9.17) is 14.2 Å². The monoisotopic (exact) mass is 436 g/mol. The van der Waals surface area contributed by atoms with Crippen molar-refractivity contribution < 1.29 is 27.4 Å². The van der Waals surface area contributed by atoms with E-state index < -0.39 is 15.9 Å². The molecule has 0 saturated carbocycles. The number of nitrogens with zero attached hydrogens (tertiary/aromatic N) is 1. The predicted octanol–water partition coefficient (Wildman–Crippen LogP) is 2.43. The lowest BCUT2D eigenvalue weighted by atomic mass is 10.2. The molecule has 0 spiro atoms. The second kappa shape index (κ2) is 10.3. The molecule has 0 aliphatic rings. The summed E-state index contributed by atoms with van der Waals surface area (Å²) in [7, 11) is 0.369. The minimum absolute atomic E-state index is 0.0104. The first-order valence-electron chi connectivity index (χ1n) is 9.38. The van der Waals surface area contributed by atoms with Crippen LogP contribution >= 0.6 is 0 Å². The van der Waals surface area contributed by atoms with E-state index in [-0.39, 0.29) is 24.1 Å². The number of amides is 1. The van der Waals surface area contributed by atoms with Crippen molar-refractivity contribution in [3.63, 3.8) is 0 Å². The topological polar surface area (TPSA) is 94.2 Å². The number of hydrogen-bond donors (Lipinski definition) is 1. The van der Waals surface area contributed by atoms with E-state index in [0.29, 0.717) is 11.5 Å². The van der Waals surface area contributed by atoms with Gasteiger partial charge < -0.3 is 19.5 Å². The molecule has 0 unspecified atom stereocenters. The molecule has 1 amide bonds. The first-order chi connectivity index (χ1) is 14.2. The van der Waals surface area contributed by atoms with Crippen molar-refractivity contribution >= 4 is 15.9 Å². The fourth-order valence-electron chi connectivity index (χ4n) is 2.66. The Labute approximate surface area is 177 Å². The lowest BCUT2D eigenvalue weighted by Gasteiger charge is -2.18. The highest BCUT2D eigenvalue weighted by Gasteiger charge is 2.24. The third-order valence-electron chi connectivity index (χ3n) is 4.21. The molecule has 0 fully saturated rings. The molecule has 2 aromatic rings. The molecule has 0 bridgehead atoms. The number of carbonyl (C=O) groups is 1. The quantitative estimate of drug-likeness (QED) is 0.615. The molecular weight excluding hydrogens is 408 g/mol. The first-order valence-corrected chi connectivity index (χ1v) is 10.8. The highest BCUT2D eigenvalue weighted by atomic mass is 32.2. The Hall–Kier alpha value is -2.78. The van der Waals surface area contributed by atoms with Crippen molar-refractivity contribution in [2.45, 2.75) is 31.4 Å². The van der Waals surface area contributed by atoms with Crippen LogP contribution < -0.4 is 19.5 Å². The van der Waals surface area contributed by atoms with Gasteiger partial charge in [0.1, 0.15) is 5.75 Å². The Balaban J connectivity index is 1.97. The zero-order valence-corrected chi connectivity index (χ0v) is 18.7. The molecule has 2 aromatic carbocycles. The van der Waals surface area contributed by atoms with Gasteiger partial charge in [0.25, 0.3) is 0 Å². The SMILES string of the molecule is COc1ccc(S(=O)(=O)N(C)CC(=O)NCc2ccc(OC(C)C)cc2)cc1OC. The smallest absolute Gasteiger partial charge is 0.243 e. The molecule has 0 atom stereocenters. The van der Waals surface area contributed by atoms with Crippen LogP contribution in [0.15, 0.2) is 47.4 Å². The summed E-state index contributed by atoms with van der Waals surface area (Å²) in [5.41, 5.74) is 0.879. The Kier molecular flexibility index (Phi) is 8.08. The number of methoxy groups -OCH3 is 2. The predicted molar refractivity (Wildman–Crippen MR) is 113 cm³/mol. The van der Waals surface area contributed by atoms with Crippen LogP contribution in [0.25, 0.3) is 0 Å². The number of sulfonamides is 1. The highest BCUT2D eigenvalue weighted by molar-refractivity contribution is 7.89. The Morgan fingerprint density at radius 1 is 1.03 bits per heavy atom. The molecule has 0 aliphatic heterocycles. The number of hydrogen-bond acceptors (Lipinski definition) is 6. The van der Waals surface area contributed by atoms with Crippen molar-refractivity contribution in [2.75, 3.05) is 27.8 Å². The Bertz CT molecular complexity index is 958. The lowest BCUT2D eigenvalue weighted by Crippen LogP contribution is -2.38. The van der Waals surface area contributed by atoms with Crippen molar-refractivity contribution in [1.29, 1.82) is 0 Å². The Morgan fingerprint density at radius 3 is 2.23 bits per heavy atom. The lowest BCUT2D eigenvalue weighted by molar-refractivity contribution is -0.121. The van der Waals surface area contributed by atoms with E-state index in [1.807, 2.05) is 38.1 Å². The third kappa shape index (κ3) is 6.11. The van der Waals surface area contributed by atoms with Gasteiger partial charge in [-0.15, -0.1) is 0 Å². The summed E-state index contributed by atoms with van der Waals surface area (Å²) in [4.78, 5) is 12.3. The first kappa shape index (κ1) is 23.5. The number of likely N-dealkylation sites (N-methyl/N-ethyl adjacent to an activating group) is 1. The molecule has 0 radical (unpaired) electrons. The average molecular weight is 437 g/mol. The van der Waals surface area contributed by atoms with Gasteiger partial charge in [0.05, 0.1) is 31.8 Å². The molecule has 8 nitrogen and oxygen atoms in total. The van der Waals surface area contributed by atoms with Crippen LogP contribution in [0, 0.1) is 0 Å². The van der Waals surface area contributed by atoms with Crippen LogP contribution in [-0.4, -0.2) is 52.5 Å². The maximum Gasteiger partial charge on any atom is 0.243 e. The number of rotatable bonds is 10. The fraction of sp³-hybridized carbons (Fsp3) is 0.381. The Morgan fingerprint density at radius 2 is 1.67 bits per heavy atom. The van der Waals surface area contributed by atoms with E-state index in [1.54, 1.807) is 0 Å². The number of nitrogens with one attached hydrogen (secondary N) is 1. The van der Waals surface area contributed by atoms with Gasteiger partial charge in [-0.25, -0.2) is 8.42 Å². The summed E-state index contributed by atoms with van der Waals surface area (Å²) >= 11 is 0. The summed E-state index contributed by atoms with van der Waals surface area (Å²) in [5, 5.41) is 2.72. The van der Waals surface area contributed by atoms with Gasteiger partial charge in [0, 0.05) is 19.7 Å². The van der Waals surface area contributed by atoms with Gasteiger partial charge in [-0.3, -0.25) is 4.79 Å². The van der Waals surface area contributed by atoms with Gasteiger partial charge in [0.2, 0.25) is 15.9 Å². The summed E-state index contributed by atoms with van der Waals surface area (Å²) < 4.78 is 42.4. The zero-order chi connectivity index (χ0) is 22.3. The molecule has 0 heterocycles. The molecule has 1 N–H and O–H groups in total. The molecule has 164 valence electrons. The van der Waals surface area contributed by atoms with Crippen LogP contribution in [-0.2, 0) is 21.4 Å². The van der Waals surface area contributed by atoms with Crippen molar-refractivity contribution in [3.05, 3.63) is 48.0 Å². The maximum absolute atomic E-state index is 12.8. The average Bonchev–Trinajstić information content (AvgIpc) is 2.72. The largest absolute Gasteiger partial charge is 0.493 e. The standard InChI is InChI=1S/C21H28N2O6S/c1-15(2)29-17-8-6-16(7-9-17)13-22-21(24)14-23(3)30(25,26)18-10-11-19(27-4)20(12-18)28-5/h6-12,15H,13-14H2,1-5H3,(H,22,24). The fourth-order valence-corrected chi connectivity index (χ4v) is 3.80. The normalized spacial score (nSPS) is 11.4. The number of ether oxygens (including phenoxy) is 3. The van der Waals surface area contributed by atoms with Crippen molar-refractivity contribution in [1.82, 2.24) is 9.62 Å². The summed E-state index contributed by atoms with van der Waals surface area (Å²) in [6.45, 7) is 3.86.